The summed E-state index contributed by atoms with van der Waals surface area (Å²) in [6.45, 7) is 2.78. The van der Waals surface area contributed by atoms with Crippen LogP contribution >= 0.6 is 0 Å². The van der Waals surface area contributed by atoms with Crippen LogP contribution in [0.15, 0.2) is 62.8 Å². The molecule has 30 heavy (non-hydrogen) atoms. The van der Waals surface area contributed by atoms with E-state index in [-0.39, 0.29) is 29.6 Å². The molecule has 2 aromatic heterocycles. The number of rotatable bonds is 7. The van der Waals surface area contributed by atoms with Gasteiger partial charge in [-0.15, -0.1) is 0 Å². The van der Waals surface area contributed by atoms with Gasteiger partial charge >= 0.3 is 0 Å². The van der Waals surface area contributed by atoms with Crippen molar-refractivity contribution in [3.05, 3.63) is 70.4 Å². The highest BCUT2D eigenvalue weighted by Gasteiger charge is 2.31. The second-order valence-electron chi connectivity index (χ2n) is 7.30. The molecule has 1 aliphatic rings. The summed E-state index contributed by atoms with van der Waals surface area (Å²) in [4.78, 5) is 11.5. The highest BCUT2D eigenvalue weighted by atomic mass is 32.2. The van der Waals surface area contributed by atoms with E-state index in [1.54, 1.807) is 43.3 Å². The zero-order valence-corrected chi connectivity index (χ0v) is 17.4. The SMILES string of the molecule is Cc1ccc(-c2ccc(=O)[nH]n2)cc1S(=O)(=O)N(Cc1ccco1)C[C@H]1CCCO1. The number of furan rings is 1. The summed E-state index contributed by atoms with van der Waals surface area (Å²) in [6, 6.07) is 11.5. The van der Waals surface area contributed by atoms with E-state index in [0.29, 0.717) is 29.2 Å². The molecule has 1 aromatic carbocycles. The summed E-state index contributed by atoms with van der Waals surface area (Å²) in [7, 11) is -3.84. The molecule has 4 rings (SSSR count). The van der Waals surface area contributed by atoms with Crippen molar-refractivity contribution in [2.24, 2.45) is 0 Å². The van der Waals surface area contributed by atoms with Crippen molar-refractivity contribution in [2.45, 2.75) is 37.3 Å². The fourth-order valence-electron chi connectivity index (χ4n) is 3.52. The van der Waals surface area contributed by atoms with E-state index in [1.165, 1.54) is 16.6 Å². The first-order chi connectivity index (χ1) is 14.4. The predicted molar refractivity (Wildman–Crippen MR) is 110 cm³/mol. The second-order valence-corrected chi connectivity index (χ2v) is 9.21. The van der Waals surface area contributed by atoms with Crippen LogP contribution in [-0.4, -0.2) is 42.2 Å². The number of nitrogens with zero attached hydrogens (tertiary/aromatic N) is 2. The summed E-state index contributed by atoms with van der Waals surface area (Å²) in [5.41, 5.74) is 1.40. The number of aromatic amines is 1. The van der Waals surface area contributed by atoms with Crippen molar-refractivity contribution in [1.29, 1.82) is 0 Å². The number of ether oxygens (including phenoxy) is 1. The Morgan fingerprint density at radius 2 is 2.10 bits per heavy atom. The fourth-order valence-corrected chi connectivity index (χ4v) is 5.21. The van der Waals surface area contributed by atoms with Crippen LogP contribution in [0.25, 0.3) is 11.3 Å². The molecular weight excluding hydrogens is 406 g/mol. The highest BCUT2D eigenvalue weighted by molar-refractivity contribution is 7.89. The monoisotopic (exact) mass is 429 g/mol. The van der Waals surface area contributed by atoms with E-state index >= 15 is 0 Å². The topological polar surface area (TPSA) is 106 Å². The first-order valence-electron chi connectivity index (χ1n) is 9.74. The minimum atomic E-state index is -3.84. The minimum Gasteiger partial charge on any atom is -0.468 e. The average molecular weight is 429 g/mol. The molecule has 1 atom stereocenters. The van der Waals surface area contributed by atoms with E-state index < -0.39 is 10.0 Å². The summed E-state index contributed by atoms with van der Waals surface area (Å²) >= 11 is 0. The molecule has 3 aromatic rings. The van der Waals surface area contributed by atoms with Crippen molar-refractivity contribution in [3.8, 4) is 11.3 Å². The molecule has 1 aliphatic heterocycles. The number of hydrogen-bond acceptors (Lipinski definition) is 6. The third-order valence-electron chi connectivity index (χ3n) is 5.12. The summed E-state index contributed by atoms with van der Waals surface area (Å²) in [5.74, 6) is 0.563. The van der Waals surface area contributed by atoms with Crippen LogP contribution in [0.3, 0.4) is 0 Å². The fraction of sp³-hybridized carbons (Fsp3) is 0.333. The van der Waals surface area contributed by atoms with Gasteiger partial charge in [-0.3, -0.25) is 4.79 Å². The molecule has 0 aliphatic carbocycles. The molecule has 0 amide bonds. The molecule has 0 saturated carbocycles. The van der Waals surface area contributed by atoms with E-state index in [0.717, 1.165) is 12.8 Å². The smallest absolute Gasteiger partial charge is 0.264 e. The van der Waals surface area contributed by atoms with Crippen LogP contribution in [0.1, 0.15) is 24.2 Å². The highest BCUT2D eigenvalue weighted by Crippen LogP contribution is 2.28. The van der Waals surface area contributed by atoms with E-state index in [1.807, 2.05) is 0 Å². The zero-order chi connectivity index (χ0) is 21.1. The van der Waals surface area contributed by atoms with Gasteiger partial charge in [0.25, 0.3) is 5.56 Å². The Morgan fingerprint density at radius 1 is 1.23 bits per heavy atom. The van der Waals surface area contributed by atoms with Crippen molar-refractivity contribution < 1.29 is 17.6 Å². The van der Waals surface area contributed by atoms with Gasteiger partial charge in [-0.1, -0.05) is 12.1 Å². The van der Waals surface area contributed by atoms with Crippen molar-refractivity contribution in [2.75, 3.05) is 13.2 Å². The first kappa shape index (κ1) is 20.5. The zero-order valence-electron chi connectivity index (χ0n) is 16.6. The Hall–Kier alpha value is -2.75. The van der Waals surface area contributed by atoms with Gasteiger partial charge < -0.3 is 9.15 Å². The molecule has 3 heterocycles. The van der Waals surface area contributed by atoms with E-state index in [4.69, 9.17) is 9.15 Å². The Kier molecular flexibility index (Phi) is 5.85. The number of H-pyrrole nitrogens is 1. The van der Waals surface area contributed by atoms with Gasteiger partial charge in [0.1, 0.15) is 5.76 Å². The van der Waals surface area contributed by atoms with Gasteiger partial charge in [0, 0.05) is 24.8 Å². The summed E-state index contributed by atoms with van der Waals surface area (Å²) in [6.07, 6.45) is 3.13. The van der Waals surface area contributed by atoms with Gasteiger partial charge in [-0.25, -0.2) is 13.5 Å². The molecule has 1 saturated heterocycles. The van der Waals surface area contributed by atoms with E-state index in [9.17, 15) is 13.2 Å². The molecule has 0 unspecified atom stereocenters. The lowest BCUT2D eigenvalue weighted by Gasteiger charge is -2.25. The standard InChI is InChI=1S/C21H23N3O5S/c1-15-6-7-16(19-8-9-21(25)23-22-19)12-20(15)30(26,27)24(13-17-4-2-10-28-17)14-18-5-3-11-29-18/h2,4,6-10,12,18H,3,5,11,13-14H2,1H3,(H,23,25)/t18-/m1/s1. The maximum atomic E-state index is 13.7. The molecule has 1 fully saturated rings. The van der Waals surface area contributed by atoms with Gasteiger partial charge in [-0.2, -0.15) is 9.40 Å². The first-order valence-corrected chi connectivity index (χ1v) is 11.2. The lowest BCUT2D eigenvalue weighted by molar-refractivity contribution is 0.0914. The maximum absolute atomic E-state index is 13.7. The summed E-state index contributed by atoms with van der Waals surface area (Å²) in [5, 5.41) is 6.39. The van der Waals surface area contributed by atoms with Crippen molar-refractivity contribution in [3.63, 3.8) is 0 Å². The van der Waals surface area contributed by atoms with Gasteiger partial charge in [0.05, 0.1) is 29.5 Å². The van der Waals surface area contributed by atoms with Crippen LogP contribution in [0.4, 0.5) is 0 Å². The number of nitrogens with one attached hydrogen (secondary N) is 1. The number of benzene rings is 1. The molecule has 1 N–H and O–H groups in total. The van der Waals surface area contributed by atoms with Crippen LogP contribution < -0.4 is 5.56 Å². The minimum absolute atomic E-state index is 0.121. The van der Waals surface area contributed by atoms with Gasteiger partial charge in [0.15, 0.2) is 0 Å². The second kappa shape index (κ2) is 8.55. The molecule has 8 nitrogen and oxygen atoms in total. The maximum Gasteiger partial charge on any atom is 0.264 e. The molecule has 158 valence electrons. The van der Waals surface area contributed by atoms with Crippen molar-refractivity contribution >= 4 is 10.0 Å². The predicted octanol–water partition coefficient (Wildman–Crippen LogP) is 2.71. The lowest BCUT2D eigenvalue weighted by Crippen LogP contribution is -2.37. The van der Waals surface area contributed by atoms with Crippen LogP contribution in [0.5, 0.6) is 0 Å². The molecule has 0 bridgehead atoms. The van der Waals surface area contributed by atoms with E-state index in [2.05, 4.69) is 10.2 Å². The molecule has 0 radical (unpaired) electrons. The Morgan fingerprint density at radius 3 is 2.77 bits per heavy atom. The average Bonchev–Trinajstić information content (AvgIpc) is 3.43. The largest absolute Gasteiger partial charge is 0.468 e. The Labute approximate surface area is 174 Å². The third-order valence-corrected chi connectivity index (χ3v) is 7.08. The third kappa shape index (κ3) is 4.38. The molecule has 0 spiro atoms. The summed E-state index contributed by atoms with van der Waals surface area (Å²) < 4.78 is 39.8. The Bertz CT molecular complexity index is 1150. The Balaban J connectivity index is 1.71. The van der Waals surface area contributed by atoms with Crippen LogP contribution in [-0.2, 0) is 21.3 Å². The normalized spacial score (nSPS) is 16.9. The molecular formula is C21H23N3O5S. The van der Waals surface area contributed by atoms with Crippen molar-refractivity contribution in [1.82, 2.24) is 14.5 Å². The van der Waals surface area contributed by atoms with Gasteiger partial charge in [0.2, 0.25) is 10.0 Å². The van der Waals surface area contributed by atoms with Gasteiger partial charge in [-0.05, 0) is 49.6 Å². The number of aryl methyl sites for hydroxylation is 1. The lowest BCUT2D eigenvalue weighted by atomic mass is 10.1. The quantitative estimate of drug-likeness (QED) is 0.619. The molecule has 9 heteroatoms. The number of sulfonamides is 1. The number of aromatic nitrogens is 2. The van der Waals surface area contributed by atoms with Crippen LogP contribution in [0.2, 0.25) is 0 Å². The van der Waals surface area contributed by atoms with Crippen LogP contribution in [0, 0.1) is 6.92 Å². The number of hydrogen-bond donors (Lipinski definition) is 1.